The molecular weight excluding hydrogens is 232 g/mol. The predicted molar refractivity (Wildman–Crippen MR) is 51.9 cm³/mol. The molecule has 7 heteroatoms. The minimum atomic E-state index is -3.24. The second-order valence-corrected chi connectivity index (χ2v) is 6.34. The lowest BCUT2D eigenvalue weighted by atomic mass is 10.4. The van der Waals surface area contributed by atoms with Gasteiger partial charge in [0.2, 0.25) is 18.6 Å². The van der Waals surface area contributed by atoms with E-state index in [-0.39, 0.29) is 14.6 Å². The molecule has 1 rings (SSSR count). The molecule has 4 nitrogen and oxygen atoms in total. The highest BCUT2D eigenvalue weighted by atomic mass is 35.5. The average molecular weight is 241 g/mol. The number of nitrogens with zero attached hydrogens (tertiary/aromatic N) is 2. The number of aromatic nitrogens is 2. The highest BCUT2D eigenvalue weighted by Crippen LogP contribution is 2.21. The van der Waals surface area contributed by atoms with Crippen molar-refractivity contribution in [1.29, 1.82) is 0 Å². The van der Waals surface area contributed by atoms with Gasteiger partial charge < -0.3 is 0 Å². The lowest BCUT2D eigenvalue weighted by Gasteiger charge is -1.96. The van der Waals surface area contributed by atoms with Gasteiger partial charge in [-0.15, -0.1) is 10.2 Å². The molecule has 0 atom stereocenters. The molecule has 0 aromatic carbocycles. The number of unbranched alkanes of at least 4 members (excludes halogenated alkanes) is 1. The monoisotopic (exact) mass is 240 g/mol. The quantitative estimate of drug-likeness (QED) is 0.805. The van der Waals surface area contributed by atoms with Gasteiger partial charge >= 0.3 is 0 Å². The second kappa shape index (κ2) is 4.34. The van der Waals surface area contributed by atoms with Crippen LogP contribution in [0, 0.1) is 0 Å². The first-order valence-corrected chi connectivity index (χ1v) is 6.62. The number of hydrogen-bond acceptors (Lipinski definition) is 5. The van der Waals surface area contributed by atoms with Crippen molar-refractivity contribution in [2.24, 2.45) is 0 Å². The number of sulfone groups is 1. The first kappa shape index (κ1) is 10.9. The van der Waals surface area contributed by atoms with Crippen LogP contribution in [0.4, 0.5) is 0 Å². The molecule has 1 aromatic rings. The molecule has 0 aliphatic heterocycles. The molecule has 0 aliphatic rings. The normalized spacial score (nSPS) is 11.8. The molecular formula is C6H9ClN2O2S2. The molecule has 0 aliphatic carbocycles. The Morgan fingerprint density at radius 2 is 2.15 bits per heavy atom. The van der Waals surface area contributed by atoms with E-state index < -0.39 is 9.84 Å². The van der Waals surface area contributed by atoms with Crippen LogP contribution in [-0.2, 0) is 9.84 Å². The largest absolute Gasteiger partial charge is 0.233 e. The van der Waals surface area contributed by atoms with Crippen molar-refractivity contribution >= 4 is 32.8 Å². The molecule has 1 heterocycles. The van der Waals surface area contributed by atoms with Gasteiger partial charge in [0.25, 0.3) is 0 Å². The molecule has 0 spiro atoms. The van der Waals surface area contributed by atoms with E-state index in [1.165, 1.54) is 0 Å². The number of halogens is 1. The minimum Gasteiger partial charge on any atom is -0.221 e. The van der Waals surface area contributed by atoms with E-state index in [4.69, 9.17) is 11.6 Å². The zero-order valence-electron chi connectivity index (χ0n) is 7.03. The van der Waals surface area contributed by atoms with Gasteiger partial charge in [0.1, 0.15) is 0 Å². The molecule has 0 bridgehead atoms. The number of rotatable bonds is 4. The van der Waals surface area contributed by atoms with E-state index in [2.05, 4.69) is 10.2 Å². The van der Waals surface area contributed by atoms with Crippen LogP contribution in [0.3, 0.4) is 0 Å². The Bertz CT molecular complexity index is 374. The summed E-state index contributed by atoms with van der Waals surface area (Å²) in [4.78, 5) is 0. The van der Waals surface area contributed by atoms with E-state index in [0.29, 0.717) is 6.42 Å². The van der Waals surface area contributed by atoms with Gasteiger partial charge in [-0.1, -0.05) is 24.7 Å². The van der Waals surface area contributed by atoms with Crippen LogP contribution < -0.4 is 0 Å². The molecule has 0 saturated carbocycles. The summed E-state index contributed by atoms with van der Waals surface area (Å²) in [6, 6.07) is 0. The summed E-state index contributed by atoms with van der Waals surface area (Å²) >= 11 is 6.38. The Hall–Kier alpha value is -0.200. The van der Waals surface area contributed by atoms with Gasteiger partial charge in [0.05, 0.1) is 5.75 Å². The molecule has 1 aromatic heterocycles. The van der Waals surface area contributed by atoms with Crippen LogP contribution in [-0.4, -0.2) is 24.4 Å². The van der Waals surface area contributed by atoms with Crippen molar-refractivity contribution < 1.29 is 8.42 Å². The van der Waals surface area contributed by atoms with E-state index in [9.17, 15) is 8.42 Å². The Morgan fingerprint density at radius 3 is 2.62 bits per heavy atom. The van der Waals surface area contributed by atoms with E-state index in [0.717, 1.165) is 17.8 Å². The summed E-state index contributed by atoms with van der Waals surface area (Å²) in [5.41, 5.74) is 0. The van der Waals surface area contributed by atoms with Gasteiger partial charge in [-0.2, -0.15) is 0 Å². The maximum atomic E-state index is 11.5. The third-order valence-corrected chi connectivity index (χ3v) is 4.68. The van der Waals surface area contributed by atoms with Crippen molar-refractivity contribution in [3.8, 4) is 0 Å². The fourth-order valence-corrected chi connectivity index (χ4v) is 3.45. The summed E-state index contributed by atoms with van der Waals surface area (Å²) < 4.78 is 23.1. The third-order valence-electron chi connectivity index (χ3n) is 1.41. The lowest BCUT2D eigenvalue weighted by molar-refractivity contribution is 0.590. The van der Waals surface area contributed by atoms with E-state index >= 15 is 0 Å². The Kier molecular flexibility index (Phi) is 3.63. The maximum absolute atomic E-state index is 11.5. The summed E-state index contributed by atoms with van der Waals surface area (Å²) in [5.74, 6) is 0.120. The van der Waals surface area contributed by atoms with Crippen LogP contribution in [0.5, 0.6) is 0 Å². The predicted octanol–water partition coefficient (Wildman–Crippen LogP) is 1.77. The van der Waals surface area contributed by atoms with Crippen molar-refractivity contribution in [1.82, 2.24) is 10.2 Å². The maximum Gasteiger partial charge on any atom is 0.233 e. The van der Waals surface area contributed by atoms with Crippen molar-refractivity contribution in [2.45, 2.75) is 24.1 Å². The Morgan fingerprint density at radius 1 is 1.46 bits per heavy atom. The molecule has 0 N–H and O–H groups in total. The molecule has 0 unspecified atom stereocenters. The van der Waals surface area contributed by atoms with Crippen LogP contribution in [0.15, 0.2) is 4.34 Å². The fraction of sp³-hybridized carbons (Fsp3) is 0.667. The zero-order valence-corrected chi connectivity index (χ0v) is 9.42. The highest BCUT2D eigenvalue weighted by Gasteiger charge is 2.18. The lowest BCUT2D eigenvalue weighted by Crippen LogP contribution is -2.05. The van der Waals surface area contributed by atoms with Crippen LogP contribution in [0.2, 0.25) is 4.47 Å². The number of hydrogen-bond donors (Lipinski definition) is 0. The smallest absolute Gasteiger partial charge is 0.221 e. The van der Waals surface area contributed by atoms with Crippen molar-refractivity contribution in [3.05, 3.63) is 4.47 Å². The van der Waals surface area contributed by atoms with Crippen molar-refractivity contribution in [3.63, 3.8) is 0 Å². The topological polar surface area (TPSA) is 59.9 Å². The Labute approximate surface area is 85.9 Å². The van der Waals surface area contributed by atoms with Gasteiger partial charge in [-0.3, -0.25) is 0 Å². The van der Waals surface area contributed by atoms with Gasteiger partial charge in [-0.25, -0.2) is 8.42 Å². The van der Waals surface area contributed by atoms with Gasteiger partial charge in [-0.05, 0) is 18.0 Å². The van der Waals surface area contributed by atoms with Crippen LogP contribution in [0.25, 0.3) is 0 Å². The first-order valence-electron chi connectivity index (χ1n) is 3.78. The third kappa shape index (κ3) is 2.89. The molecule has 0 fully saturated rings. The van der Waals surface area contributed by atoms with Crippen LogP contribution in [0.1, 0.15) is 19.8 Å². The Balaban J connectivity index is 2.82. The summed E-state index contributed by atoms with van der Waals surface area (Å²) in [6.07, 6.45) is 1.48. The van der Waals surface area contributed by atoms with Crippen LogP contribution >= 0.6 is 22.9 Å². The molecule has 0 radical (unpaired) electrons. The summed E-state index contributed by atoms with van der Waals surface area (Å²) in [5, 5.41) is 6.93. The molecule has 13 heavy (non-hydrogen) atoms. The van der Waals surface area contributed by atoms with E-state index in [1.807, 2.05) is 6.92 Å². The minimum absolute atomic E-state index is 0.0194. The zero-order chi connectivity index (χ0) is 9.90. The van der Waals surface area contributed by atoms with Gasteiger partial charge in [0, 0.05) is 0 Å². The molecule has 74 valence electrons. The highest BCUT2D eigenvalue weighted by molar-refractivity contribution is 7.93. The molecule has 0 saturated heterocycles. The first-order chi connectivity index (χ1) is 6.06. The summed E-state index contributed by atoms with van der Waals surface area (Å²) in [6.45, 7) is 1.93. The summed E-state index contributed by atoms with van der Waals surface area (Å²) in [7, 11) is -3.24. The fourth-order valence-electron chi connectivity index (χ4n) is 0.740. The SMILES string of the molecule is CCCCS(=O)(=O)c1nnc(Cl)s1. The van der Waals surface area contributed by atoms with Gasteiger partial charge in [0.15, 0.2) is 0 Å². The average Bonchev–Trinajstić information content (AvgIpc) is 2.49. The standard InChI is InChI=1S/C6H9ClN2O2S2/c1-2-3-4-13(10,11)6-9-8-5(7)12-6/h2-4H2,1H3. The molecule has 0 amide bonds. The van der Waals surface area contributed by atoms with E-state index in [1.54, 1.807) is 0 Å². The second-order valence-electron chi connectivity index (χ2n) is 2.49. The van der Waals surface area contributed by atoms with Crippen molar-refractivity contribution in [2.75, 3.05) is 5.75 Å².